The van der Waals surface area contributed by atoms with Gasteiger partial charge in [-0.2, -0.15) is 0 Å². The second kappa shape index (κ2) is 5.81. The van der Waals surface area contributed by atoms with Crippen molar-refractivity contribution < 1.29 is 13.6 Å². The molecule has 0 saturated carbocycles. The van der Waals surface area contributed by atoms with Gasteiger partial charge in [0.15, 0.2) is 0 Å². The smallest absolute Gasteiger partial charge is 0.237 e. The summed E-state index contributed by atoms with van der Waals surface area (Å²) in [4.78, 5) is 11.3. The second-order valence-corrected chi connectivity index (χ2v) is 4.36. The minimum atomic E-state index is -0.500. The molecule has 16 heavy (non-hydrogen) atoms. The normalized spacial score (nSPS) is 12.2. The SMILES string of the molecule is CC(CSc1cc(F)ccc1F)C(=O)NN. The summed E-state index contributed by atoms with van der Waals surface area (Å²) >= 11 is 1.08. The Bertz CT molecular complexity index is 387. The molecule has 0 spiro atoms. The molecule has 0 fully saturated rings. The maximum absolute atomic E-state index is 13.2. The molecule has 0 radical (unpaired) electrons. The highest BCUT2D eigenvalue weighted by Gasteiger charge is 2.13. The highest BCUT2D eigenvalue weighted by molar-refractivity contribution is 7.99. The predicted molar refractivity (Wildman–Crippen MR) is 58.6 cm³/mol. The fraction of sp³-hybridized carbons (Fsp3) is 0.300. The zero-order chi connectivity index (χ0) is 12.1. The third kappa shape index (κ3) is 3.46. The molecule has 3 nitrogen and oxygen atoms in total. The van der Waals surface area contributed by atoms with Gasteiger partial charge in [0.2, 0.25) is 5.91 Å². The number of thioether (sulfide) groups is 1. The molecule has 0 aromatic heterocycles. The van der Waals surface area contributed by atoms with Crippen LogP contribution in [0.4, 0.5) is 8.78 Å². The van der Waals surface area contributed by atoms with Crippen LogP contribution in [0.25, 0.3) is 0 Å². The molecule has 0 aliphatic rings. The van der Waals surface area contributed by atoms with Gasteiger partial charge in [0.05, 0.1) is 0 Å². The molecule has 0 heterocycles. The van der Waals surface area contributed by atoms with Crippen molar-refractivity contribution in [3.05, 3.63) is 29.8 Å². The topological polar surface area (TPSA) is 55.1 Å². The number of hydrazine groups is 1. The maximum Gasteiger partial charge on any atom is 0.237 e. The number of hydrogen-bond acceptors (Lipinski definition) is 3. The number of hydrogen-bond donors (Lipinski definition) is 2. The lowest BCUT2D eigenvalue weighted by atomic mass is 10.2. The molecule has 0 saturated heterocycles. The number of halogens is 2. The van der Waals surface area contributed by atoms with Crippen LogP contribution in [0, 0.1) is 17.6 Å². The van der Waals surface area contributed by atoms with Gasteiger partial charge in [0, 0.05) is 16.6 Å². The summed E-state index contributed by atoms with van der Waals surface area (Å²) in [6.07, 6.45) is 0. The number of benzene rings is 1. The zero-order valence-electron chi connectivity index (χ0n) is 8.67. The molecule has 6 heteroatoms. The van der Waals surface area contributed by atoms with E-state index in [1.54, 1.807) is 6.92 Å². The average Bonchev–Trinajstić information content (AvgIpc) is 2.28. The van der Waals surface area contributed by atoms with Crippen molar-refractivity contribution in [3.63, 3.8) is 0 Å². The third-order valence-corrected chi connectivity index (χ3v) is 3.26. The van der Waals surface area contributed by atoms with Crippen molar-refractivity contribution in [3.8, 4) is 0 Å². The van der Waals surface area contributed by atoms with Crippen molar-refractivity contribution in [2.24, 2.45) is 11.8 Å². The van der Waals surface area contributed by atoms with Crippen molar-refractivity contribution in [2.45, 2.75) is 11.8 Å². The fourth-order valence-corrected chi connectivity index (χ4v) is 2.00. The predicted octanol–water partition coefficient (Wildman–Crippen LogP) is 1.68. The van der Waals surface area contributed by atoms with Gasteiger partial charge in [-0.15, -0.1) is 11.8 Å². The van der Waals surface area contributed by atoms with E-state index in [1.165, 1.54) is 0 Å². The molecule has 1 aromatic carbocycles. The van der Waals surface area contributed by atoms with E-state index in [1.807, 2.05) is 5.43 Å². The summed E-state index contributed by atoms with van der Waals surface area (Å²) in [5, 5.41) is 0. The Balaban J connectivity index is 2.60. The molecule has 0 bridgehead atoms. The highest BCUT2D eigenvalue weighted by atomic mass is 32.2. The first kappa shape index (κ1) is 12.9. The van der Waals surface area contributed by atoms with Gasteiger partial charge in [0.1, 0.15) is 11.6 Å². The molecule has 1 unspecified atom stereocenters. The van der Waals surface area contributed by atoms with Crippen molar-refractivity contribution in [1.82, 2.24) is 5.43 Å². The van der Waals surface area contributed by atoms with Gasteiger partial charge in [-0.05, 0) is 18.2 Å². The van der Waals surface area contributed by atoms with E-state index in [4.69, 9.17) is 5.84 Å². The van der Waals surface area contributed by atoms with E-state index in [9.17, 15) is 13.6 Å². The van der Waals surface area contributed by atoms with Crippen LogP contribution in [-0.2, 0) is 4.79 Å². The minimum Gasteiger partial charge on any atom is -0.294 e. The molecular formula is C10H12F2N2OS. The molecule has 1 aromatic rings. The monoisotopic (exact) mass is 246 g/mol. The highest BCUT2D eigenvalue weighted by Crippen LogP contribution is 2.24. The Labute approximate surface area is 96.4 Å². The van der Waals surface area contributed by atoms with Gasteiger partial charge in [-0.1, -0.05) is 6.92 Å². The Kier molecular flexibility index (Phi) is 4.70. The van der Waals surface area contributed by atoms with Gasteiger partial charge >= 0.3 is 0 Å². The van der Waals surface area contributed by atoms with Crippen molar-refractivity contribution >= 4 is 17.7 Å². The molecule has 0 aliphatic carbocycles. The van der Waals surface area contributed by atoms with E-state index < -0.39 is 11.6 Å². The van der Waals surface area contributed by atoms with Crippen LogP contribution in [0.2, 0.25) is 0 Å². The van der Waals surface area contributed by atoms with Gasteiger partial charge in [-0.3, -0.25) is 10.2 Å². The summed E-state index contributed by atoms with van der Waals surface area (Å²) in [5.41, 5.74) is 2.01. The summed E-state index contributed by atoms with van der Waals surface area (Å²) in [6, 6.07) is 3.22. The van der Waals surface area contributed by atoms with Crippen LogP contribution < -0.4 is 11.3 Å². The lowest BCUT2D eigenvalue weighted by Crippen LogP contribution is -2.35. The van der Waals surface area contributed by atoms with E-state index in [0.717, 1.165) is 30.0 Å². The Morgan fingerprint density at radius 2 is 2.25 bits per heavy atom. The number of amides is 1. The van der Waals surface area contributed by atoms with E-state index in [-0.39, 0.29) is 16.7 Å². The Morgan fingerprint density at radius 3 is 2.88 bits per heavy atom. The fourth-order valence-electron chi connectivity index (χ4n) is 1.02. The summed E-state index contributed by atoms with van der Waals surface area (Å²) in [5.74, 6) is 3.60. The van der Waals surface area contributed by atoms with E-state index in [0.29, 0.717) is 5.75 Å². The number of carbonyl (C=O) groups is 1. The van der Waals surface area contributed by atoms with E-state index in [2.05, 4.69) is 0 Å². The molecule has 0 aliphatic heterocycles. The Hall–Kier alpha value is -1.14. The maximum atomic E-state index is 13.2. The number of nitrogens with one attached hydrogen (secondary N) is 1. The Morgan fingerprint density at radius 1 is 1.56 bits per heavy atom. The molecule has 3 N–H and O–H groups in total. The third-order valence-electron chi connectivity index (χ3n) is 1.97. The van der Waals surface area contributed by atoms with Gasteiger partial charge in [0.25, 0.3) is 0 Å². The molecular weight excluding hydrogens is 234 g/mol. The average molecular weight is 246 g/mol. The first-order chi connectivity index (χ1) is 7.54. The summed E-state index contributed by atoms with van der Waals surface area (Å²) in [6.45, 7) is 1.66. The van der Waals surface area contributed by atoms with Crippen LogP contribution in [0.1, 0.15) is 6.92 Å². The van der Waals surface area contributed by atoms with Gasteiger partial charge in [-0.25, -0.2) is 14.6 Å². The van der Waals surface area contributed by atoms with Crippen LogP contribution in [0.5, 0.6) is 0 Å². The first-order valence-corrected chi connectivity index (χ1v) is 5.61. The largest absolute Gasteiger partial charge is 0.294 e. The first-order valence-electron chi connectivity index (χ1n) is 4.63. The second-order valence-electron chi connectivity index (χ2n) is 3.30. The van der Waals surface area contributed by atoms with E-state index >= 15 is 0 Å². The zero-order valence-corrected chi connectivity index (χ0v) is 9.48. The number of rotatable bonds is 4. The summed E-state index contributed by atoms with van der Waals surface area (Å²) in [7, 11) is 0. The molecule has 1 atom stereocenters. The van der Waals surface area contributed by atoms with Crippen molar-refractivity contribution in [1.29, 1.82) is 0 Å². The molecule has 1 rings (SSSR count). The molecule has 1 amide bonds. The summed E-state index contributed by atoms with van der Waals surface area (Å²) < 4.78 is 26.0. The quantitative estimate of drug-likeness (QED) is 0.368. The van der Waals surface area contributed by atoms with Crippen LogP contribution in [0.15, 0.2) is 23.1 Å². The lowest BCUT2D eigenvalue weighted by Gasteiger charge is -2.09. The van der Waals surface area contributed by atoms with Gasteiger partial charge < -0.3 is 0 Å². The van der Waals surface area contributed by atoms with Crippen molar-refractivity contribution in [2.75, 3.05) is 5.75 Å². The number of nitrogens with two attached hydrogens (primary N) is 1. The molecule has 88 valence electrons. The minimum absolute atomic E-state index is 0.191. The lowest BCUT2D eigenvalue weighted by molar-refractivity contribution is -0.123. The van der Waals surface area contributed by atoms with Crippen LogP contribution in [0.3, 0.4) is 0 Å². The number of carbonyl (C=O) groups excluding carboxylic acids is 1. The van der Waals surface area contributed by atoms with Crippen LogP contribution >= 0.6 is 11.8 Å². The standard InChI is InChI=1S/C10H12F2N2OS/c1-6(10(15)14-13)5-16-9-4-7(11)2-3-8(9)12/h2-4,6H,5,13H2,1H3,(H,14,15). The van der Waals surface area contributed by atoms with Crippen LogP contribution in [-0.4, -0.2) is 11.7 Å².